The number of nitrogens with zero attached hydrogens (tertiary/aromatic N) is 5. The van der Waals surface area contributed by atoms with Gasteiger partial charge in [-0.25, -0.2) is 5.01 Å². The van der Waals surface area contributed by atoms with Crippen LogP contribution in [-0.2, 0) is 21.4 Å². The highest BCUT2D eigenvalue weighted by Crippen LogP contribution is 2.34. The molecule has 182 valence electrons. The van der Waals surface area contributed by atoms with Crippen LogP contribution < -0.4 is 0 Å². The average Bonchev–Trinajstić information content (AvgIpc) is 3.56. The van der Waals surface area contributed by atoms with Crippen molar-refractivity contribution in [2.75, 3.05) is 45.9 Å². The molecule has 2 amide bonds. The highest BCUT2D eigenvalue weighted by molar-refractivity contribution is 7.12. The SMILES string of the molecule is Cn1cccc1[C@@H]1CC(c2cccs2)=NN1C(=O)CN(CCN1CCOCC1)C(=O)C1CCC1. The minimum absolute atomic E-state index is 0.0601. The highest BCUT2D eigenvalue weighted by Gasteiger charge is 2.37. The number of hydrogen-bond acceptors (Lipinski definition) is 6. The van der Waals surface area contributed by atoms with E-state index in [0.717, 1.165) is 68.4 Å². The first kappa shape index (κ1) is 23.3. The predicted molar refractivity (Wildman–Crippen MR) is 132 cm³/mol. The summed E-state index contributed by atoms with van der Waals surface area (Å²) in [4.78, 5) is 32.1. The van der Waals surface area contributed by atoms with Gasteiger partial charge in [0.05, 0.1) is 23.8 Å². The summed E-state index contributed by atoms with van der Waals surface area (Å²) in [5, 5.41) is 8.44. The molecule has 0 radical (unpaired) electrons. The largest absolute Gasteiger partial charge is 0.379 e. The van der Waals surface area contributed by atoms with Crippen LogP contribution in [-0.4, -0.2) is 82.8 Å². The fourth-order valence-corrected chi connectivity index (χ4v) is 5.61. The van der Waals surface area contributed by atoms with E-state index >= 15 is 0 Å². The first-order valence-corrected chi connectivity index (χ1v) is 13.1. The summed E-state index contributed by atoms with van der Waals surface area (Å²) in [7, 11) is 2.00. The summed E-state index contributed by atoms with van der Waals surface area (Å²) in [5.74, 6) is 0.0576. The Morgan fingerprint density at radius 2 is 2.03 bits per heavy atom. The molecule has 2 aromatic heterocycles. The Morgan fingerprint density at radius 1 is 1.21 bits per heavy atom. The van der Waals surface area contributed by atoms with E-state index in [4.69, 9.17) is 9.84 Å². The third kappa shape index (κ3) is 4.96. The van der Waals surface area contributed by atoms with E-state index in [1.807, 2.05) is 47.5 Å². The van der Waals surface area contributed by atoms with E-state index in [1.54, 1.807) is 21.2 Å². The molecule has 0 unspecified atom stereocenters. The number of amides is 2. The van der Waals surface area contributed by atoms with Gasteiger partial charge in [-0.05, 0) is 36.4 Å². The van der Waals surface area contributed by atoms with Crippen LogP contribution in [0.3, 0.4) is 0 Å². The molecular formula is C25H33N5O3S. The van der Waals surface area contributed by atoms with Gasteiger partial charge in [0, 0.05) is 57.5 Å². The molecule has 9 heteroatoms. The Hall–Kier alpha value is -2.49. The fourth-order valence-electron chi connectivity index (χ4n) is 4.89. The molecule has 2 aliphatic heterocycles. The number of carbonyl (C=O) groups is 2. The lowest BCUT2D eigenvalue weighted by Crippen LogP contribution is -2.49. The van der Waals surface area contributed by atoms with Crippen LogP contribution in [0.5, 0.6) is 0 Å². The number of aryl methyl sites for hydroxylation is 1. The standard InChI is InChI=1S/C25H33N5O3S/c1-27-9-3-7-21(27)22-17-20(23-8-4-16-34-23)26-30(22)24(31)18-29(25(32)19-5-2-6-19)11-10-28-12-14-33-15-13-28/h3-4,7-9,16,19,22H,2,5-6,10-15,17-18H2,1H3/t22-/m0/s1. The summed E-state index contributed by atoms with van der Waals surface area (Å²) in [5.41, 5.74) is 1.98. The van der Waals surface area contributed by atoms with Crippen LogP contribution in [0.25, 0.3) is 0 Å². The summed E-state index contributed by atoms with van der Waals surface area (Å²) in [6.07, 6.45) is 5.62. The molecule has 0 bridgehead atoms. The number of carbonyl (C=O) groups excluding carboxylic acids is 2. The number of hydrazone groups is 1. The molecule has 3 aliphatic rings. The maximum atomic E-state index is 13.7. The van der Waals surface area contributed by atoms with Crippen molar-refractivity contribution in [3.05, 3.63) is 46.4 Å². The number of ether oxygens (including phenoxy) is 1. The Labute approximate surface area is 204 Å². The molecule has 1 saturated heterocycles. The van der Waals surface area contributed by atoms with Crippen molar-refractivity contribution >= 4 is 28.9 Å². The third-order valence-electron chi connectivity index (χ3n) is 7.18. The van der Waals surface area contributed by atoms with Crippen molar-refractivity contribution in [1.82, 2.24) is 19.4 Å². The van der Waals surface area contributed by atoms with Gasteiger partial charge < -0.3 is 14.2 Å². The highest BCUT2D eigenvalue weighted by atomic mass is 32.1. The quantitative estimate of drug-likeness (QED) is 0.579. The second kappa shape index (κ2) is 10.4. The Balaban J connectivity index is 1.34. The second-order valence-corrected chi connectivity index (χ2v) is 10.3. The Morgan fingerprint density at radius 3 is 2.68 bits per heavy atom. The molecule has 0 aromatic carbocycles. The second-order valence-electron chi connectivity index (χ2n) is 9.37. The van der Waals surface area contributed by atoms with E-state index in [9.17, 15) is 9.59 Å². The third-order valence-corrected chi connectivity index (χ3v) is 8.10. The molecule has 1 saturated carbocycles. The molecule has 0 N–H and O–H groups in total. The first-order chi connectivity index (χ1) is 16.6. The maximum Gasteiger partial charge on any atom is 0.262 e. The summed E-state index contributed by atoms with van der Waals surface area (Å²) in [6, 6.07) is 7.94. The minimum Gasteiger partial charge on any atom is -0.379 e. The van der Waals surface area contributed by atoms with Gasteiger partial charge in [0.1, 0.15) is 12.6 Å². The molecule has 8 nitrogen and oxygen atoms in total. The topological polar surface area (TPSA) is 70.4 Å². The first-order valence-electron chi connectivity index (χ1n) is 12.2. The molecule has 1 atom stereocenters. The molecule has 2 fully saturated rings. The lowest BCUT2D eigenvalue weighted by molar-refractivity contribution is -0.145. The molecule has 4 heterocycles. The zero-order valence-corrected chi connectivity index (χ0v) is 20.6. The van der Waals surface area contributed by atoms with Crippen molar-refractivity contribution in [1.29, 1.82) is 0 Å². The monoisotopic (exact) mass is 483 g/mol. The van der Waals surface area contributed by atoms with Crippen LogP contribution in [0.4, 0.5) is 0 Å². The number of morpholine rings is 1. The normalized spacial score (nSPS) is 21.4. The Bertz CT molecular complexity index is 1020. The van der Waals surface area contributed by atoms with Gasteiger partial charge >= 0.3 is 0 Å². The van der Waals surface area contributed by atoms with Crippen molar-refractivity contribution < 1.29 is 14.3 Å². The average molecular weight is 484 g/mol. The van der Waals surface area contributed by atoms with E-state index in [-0.39, 0.29) is 30.3 Å². The van der Waals surface area contributed by atoms with Gasteiger partial charge in [-0.3, -0.25) is 14.5 Å². The smallest absolute Gasteiger partial charge is 0.262 e. The fraction of sp³-hybridized carbons (Fsp3) is 0.560. The van der Waals surface area contributed by atoms with Gasteiger partial charge in [0.15, 0.2) is 0 Å². The van der Waals surface area contributed by atoms with Gasteiger partial charge in [-0.15, -0.1) is 11.3 Å². The van der Waals surface area contributed by atoms with Gasteiger partial charge in [0.25, 0.3) is 5.91 Å². The minimum atomic E-state index is -0.163. The number of thiophene rings is 1. The number of aromatic nitrogens is 1. The van der Waals surface area contributed by atoms with Crippen molar-refractivity contribution in [3.63, 3.8) is 0 Å². The molecule has 5 rings (SSSR count). The number of hydrogen-bond donors (Lipinski definition) is 0. The zero-order chi connectivity index (χ0) is 23.5. The van der Waals surface area contributed by atoms with Gasteiger partial charge in [0.2, 0.25) is 5.91 Å². The van der Waals surface area contributed by atoms with Crippen LogP contribution in [0.15, 0.2) is 40.9 Å². The Kier molecular flexibility index (Phi) is 7.12. The zero-order valence-electron chi connectivity index (χ0n) is 19.8. The van der Waals surface area contributed by atoms with Crippen molar-refractivity contribution in [2.45, 2.75) is 31.7 Å². The van der Waals surface area contributed by atoms with E-state index in [2.05, 4.69) is 4.90 Å². The van der Waals surface area contributed by atoms with Crippen molar-refractivity contribution in [3.8, 4) is 0 Å². The van der Waals surface area contributed by atoms with E-state index in [0.29, 0.717) is 13.0 Å². The van der Waals surface area contributed by atoms with Gasteiger partial charge in [-0.2, -0.15) is 5.10 Å². The lowest BCUT2D eigenvalue weighted by Gasteiger charge is -2.34. The van der Waals surface area contributed by atoms with Crippen LogP contribution >= 0.6 is 11.3 Å². The summed E-state index contributed by atoms with van der Waals surface area (Å²) < 4.78 is 7.50. The van der Waals surface area contributed by atoms with Crippen molar-refractivity contribution in [2.24, 2.45) is 18.1 Å². The molecule has 0 spiro atoms. The van der Waals surface area contributed by atoms with E-state index < -0.39 is 0 Å². The summed E-state index contributed by atoms with van der Waals surface area (Å²) in [6.45, 7) is 4.59. The van der Waals surface area contributed by atoms with E-state index in [1.165, 1.54) is 0 Å². The molecular weight excluding hydrogens is 450 g/mol. The maximum absolute atomic E-state index is 13.7. The predicted octanol–water partition coefficient (Wildman–Crippen LogP) is 2.73. The number of rotatable bonds is 8. The van der Waals surface area contributed by atoms with Crippen LogP contribution in [0.2, 0.25) is 0 Å². The summed E-state index contributed by atoms with van der Waals surface area (Å²) >= 11 is 1.64. The molecule has 34 heavy (non-hydrogen) atoms. The molecule has 1 aliphatic carbocycles. The lowest BCUT2D eigenvalue weighted by atomic mass is 9.84. The van der Waals surface area contributed by atoms with Gasteiger partial charge in [-0.1, -0.05) is 12.5 Å². The van der Waals surface area contributed by atoms with Crippen LogP contribution in [0.1, 0.15) is 42.3 Å². The molecule has 2 aromatic rings. The van der Waals surface area contributed by atoms with Crippen LogP contribution in [0, 0.1) is 5.92 Å².